The van der Waals surface area contributed by atoms with E-state index in [1.54, 1.807) is 4.40 Å². The topological polar surface area (TPSA) is 50.5 Å². The minimum atomic E-state index is -0.0521. The molecule has 5 nitrogen and oxygen atoms in total. The van der Waals surface area contributed by atoms with E-state index in [1.165, 1.54) is 17.0 Å². The van der Waals surface area contributed by atoms with Gasteiger partial charge >= 0.3 is 0 Å². The number of nitrogens with zero attached hydrogens (tertiary/aromatic N) is 4. The van der Waals surface area contributed by atoms with Crippen molar-refractivity contribution < 1.29 is 0 Å². The molecule has 2 heterocycles. The number of aromatic nitrogens is 3. The summed E-state index contributed by atoms with van der Waals surface area (Å²) in [5.41, 5.74) is 3.26. The molecule has 4 rings (SSSR count). The van der Waals surface area contributed by atoms with Crippen molar-refractivity contribution in [3.05, 3.63) is 86.4 Å². The molecule has 0 aliphatic heterocycles. The summed E-state index contributed by atoms with van der Waals surface area (Å²) < 4.78 is 2.31. The quantitative estimate of drug-likeness (QED) is 0.508. The first-order valence-corrected chi connectivity index (χ1v) is 10.3. The second-order valence-corrected chi connectivity index (χ2v) is 7.59. The molecule has 4 aromatic rings. The highest BCUT2D eigenvalue weighted by Crippen LogP contribution is 2.15. The third-order valence-electron chi connectivity index (χ3n) is 4.84. The Balaban J connectivity index is 1.68. The van der Waals surface area contributed by atoms with Gasteiger partial charge in [-0.15, -0.1) is 10.2 Å². The zero-order chi connectivity index (χ0) is 19.5. The minimum absolute atomic E-state index is 0.0521. The molecule has 28 heavy (non-hydrogen) atoms. The van der Waals surface area contributed by atoms with Crippen LogP contribution in [0.4, 0.5) is 5.69 Å². The molecule has 0 spiro atoms. The van der Waals surface area contributed by atoms with Gasteiger partial charge in [-0.3, -0.25) is 4.79 Å². The number of thiazole rings is 1. The van der Waals surface area contributed by atoms with E-state index in [2.05, 4.69) is 53.2 Å². The van der Waals surface area contributed by atoms with Crippen LogP contribution in [0.5, 0.6) is 0 Å². The molecule has 0 atom stereocenters. The van der Waals surface area contributed by atoms with Crippen LogP contribution in [0.2, 0.25) is 0 Å². The van der Waals surface area contributed by atoms with E-state index in [1.807, 2.05) is 36.4 Å². The highest BCUT2D eigenvalue weighted by atomic mass is 32.1. The zero-order valence-electron chi connectivity index (χ0n) is 16.0. The predicted octanol–water partition coefficient (Wildman–Crippen LogP) is 3.14. The Hall–Kier alpha value is -2.99. The molecule has 0 aliphatic carbocycles. The molecule has 0 N–H and O–H groups in total. The van der Waals surface area contributed by atoms with Crippen LogP contribution in [-0.2, 0) is 6.42 Å². The fourth-order valence-corrected chi connectivity index (χ4v) is 4.26. The molecule has 2 aromatic heterocycles. The van der Waals surface area contributed by atoms with E-state index in [0.29, 0.717) is 21.7 Å². The van der Waals surface area contributed by atoms with E-state index in [-0.39, 0.29) is 5.56 Å². The first-order valence-electron chi connectivity index (χ1n) is 9.47. The summed E-state index contributed by atoms with van der Waals surface area (Å²) >= 11 is 1.38. The van der Waals surface area contributed by atoms with Gasteiger partial charge in [0.2, 0.25) is 4.96 Å². The van der Waals surface area contributed by atoms with Crippen LogP contribution in [0, 0.1) is 0 Å². The third kappa shape index (κ3) is 3.55. The van der Waals surface area contributed by atoms with Crippen LogP contribution >= 0.6 is 11.3 Å². The average Bonchev–Trinajstić information content (AvgIpc) is 3.25. The zero-order valence-corrected chi connectivity index (χ0v) is 16.8. The fraction of sp³-hybridized carbons (Fsp3) is 0.227. The van der Waals surface area contributed by atoms with Gasteiger partial charge in [-0.1, -0.05) is 53.8 Å². The molecule has 0 saturated carbocycles. The summed E-state index contributed by atoms with van der Waals surface area (Å²) in [5.74, 6) is 0.680. The van der Waals surface area contributed by atoms with Crippen LogP contribution in [0.15, 0.2) is 59.4 Å². The molecule has 6 heteroatoms. The molecule has 0 unspecified atom stereocenters. The summed E-state index contributed by atoms with van der Waals surface area (Å²) in [6, 6.07) is 18.3. The molecule has 0 saturated heterocycles. The normalized spacial score (nSPS) is 12.0. The second-order valence-electron chi connectivity index (χ2n) is 6.58. The van der Waals surface area contributed by atoms with Crippen LogP contribution in [0.25, 0.3) is 11.0 Å². The van der Waals surface area contributed by atoms with E-state index in [4.69, 9.17) is 0 Å². The molecular formula is C22H22N4OS. The van der Waals surface area contributed by atoms with Crippen molar-refractivity contribution in [1.29, 1.82) is 0 Å². The summed E-state index contributed by atoms with van der Waals surface area (Å²) in [7, 11) is 0. The second kappa shape index (κ2) is 7.94. The standard InChI is InChI=1S/C22H22N4OS/c1-3-25(4-2)18-12-10-17(11-13-18)14-19-21(27)26-20(23-24-22(26)28-19)15-16-8-6-5-7-9-16/h5-14H,3-4,15H2,1-2H3/b19-14-. The Kier molecular flexibility index (Phi) is 5.21. The van der Waals surface area contributed by atoms with Crippen LogP contribution in [0.1, 0.15) is 30.8 Å². The van der Waals surface area contributed by atoms with Crippen molar-refractivity contribution in [2.45, 2.75) is 20.3 Å². The summed E-state index contributed by atoms with van der Waals surface area (Å²) in [6.07, 6.45) is 2.52. The molecule has 0 radical (unpaired) electrons. The highest BCUT2D eigenvalue weighted by molar-refractivity contribution is 7.15. The number of anilines is 1. The lowest BCUT2D eigenvalue weighted by atomic mass is 10.1. The Morgan fingerprint density at radius 3 is 2.39 bits per heavy atom. The molecule has 0 bridgehead atoms. The lowest BCUT2D eigenvalue weighted by Gasteiger charge is -2.20. The minimum Gasteiger partial charge on any atom is -0.372 e. The Morgan fingerprint density at radius 2 is 1.71 bits per heavy atom. The van der Waals surface area contributed by atoms with Gasteiger partial charge in [-0.25, -0.2) is 4.40 Å². The van der Waals surface area contributed by atoms with Crippen molar-refractivity contribution in [1.82, 2.24) is 14.6 Å². The summed E-state index contributed by atoms with van der Waals surface area (Å²) in [6.45, 7) is 6.25. The number of benzene rings is 2. The van der Waals surface area contributed by atoms with Crippen molar-refractivity contribution in [3.63, 3.8) is 0 Å². The Bertz CT molecular complexity index is 1180. The van der Waals surface area contributed by atoms with Gasteiger partial charge < -0.3 is 4.90 Å². The van der Waals surface area contributed by atoms with Gasteiger partial charge in [0.1, 0.15) is 5.82 Å². The molecule has 0 fully saturated rings. The first-order chi connectivity index (χ1) is 13.7. The van der Waals surface area contributed by atoms with Crippen molar-refractivity contribution in [2.24, 2.45) is 0 Å². The molecule has 0 amide bonds. The SMILES string of the molecule is CCN(CC)c1ccc(/C=c2\sc3nnc(Cc4ccccc4)n3c2=O)cc1. The Labute approximate surface area is 167 Å². The summed E-state index contributed by atoms with van der Waals surface area (Å²) in [5, 5.41) is 8.42. The molecule has 0 aliphatic rings. The number of hydrogen-bond acceptors (Lipinski definition) is 5. The fourth-order valence-electron chi connectivity index (χ4n) is 3.33. The van der Waals surface area contributed by atoms with Gasteiger partial charge in [0.05, 0.1) is 4.53 Å². The lowest BCUT2D eigenvalue weighted by molar-refractivity contribution is 0.866. The lowest BCUT2D eigenvalue weighted by Crippen LogP contribution is -2.24. The van der Waals surface area contributed by atoms with Crippen LogP contribution in [-0.4, -0.2) is 27.7 Å². The largest absolute Gasteiger partial charge is 0.372 e. The Morgan fingerprint density at radius 1 is 1.00 bits per heavy atom. The van der Waals surface area contributed by atoms with Gasteiger partial charge in [0.15, 0.2) is 0 Å². The van der Waals surface area contributed by atoms with Gasteiger partial charge in [-0.05, 0) is 43.2 Å². The predicted molar refractivity (Wildman–Crippen MR) is 115 cm³/mol. The van der Waals surface area contributed by atoms with Gasteiger partial charge in [0, 0.05) is 25.2 Å². The van der Waals surface area contributed by atoms with E-state index in [0.717, 1.165) is 24.2 Å². The molecular weight excluding hydrogens is 368 g/mol. The van der Waals surface area contributed by atoms with E-state index >= 15 is 0 Å². The monoisotopic (exact) mass is 390 g/mol. The number of fused-ring (bicyclic) bond motifs is 1. The van der Waals surface area contributed by atoms with Gasteiger partial charge in [0.25, 0.3) is 5.56 Å². The first kappa shape index (κ1) is 18.4. The average molecular weight is 391 g/mol. The van der Waals surface area contributed by atoms with Crippen LogP contribution in [0.3, 0.4) is 0 Å². The van der Waals surface area contributed by atoms with Gasteiger partial charge in [-0.2, -0.15) is 0 Å². The summed E-state index contributed by atoms with van der Waals surface area (Å²) in [4.78, 5) is 15.9. The van der Waals surface area contributed by atoms with Crippen molar-refractivity contribution in [3.8, 4) is 0 Å². The number of hydrogen-bond donors (Lipinski definition) is 0. The third-order valence-corrected chi connectivity index (χ3v) is 5.80. The maximum Gasteiger partial charge on any atom is 0.275 e. The van der Waals surface area contributed by atoms with Crippen LogP contribution < -0.4 is 15.0 Å². The maximum atomic E-state index is 12.9. The smallest absolute Gasteiger partial charge is 0.275 e. The maximum absolute atomic E-state index is 12.9. The van der Waals surface area contributed by atoms with Crippen molar-refractivity contribution in [2.75, 3.05) is 18.0 Å². The van der Waals surface area contributed by atoms with Crippen molar-refractivity contribution >= 4 is 28.1 Å². The number of rotatable bonds is 6. The molecule has 142 valence electrons. The molecule has 2 aromatic carbocycles. The van der Waals surface area contributed by atoms with E-state index in [9.17, 15) is 4.79 Å². The van der Waals surface area contributed by atoms with E-state index < -0.39 is 0 Å². The highest BCUT2D eigenvalue weighted by Gasteiger charge is 2.13.